The zero-order valence-corrected chi connectivity index (χ0v) is 9.71. The maximum atomic E-state index is 13.3. The highest BCUT2D eigenvalue weighted by Gasteiger charge is 2.11. The minimum Gasteiger partial charge on any atom is -0.393 e. The van der Waals surface area contributed by atoms with Crippen molar-refractivity contribution in [2.24, 2.45) is 5.92 Å². The van der Waals surface area contributed by atoms with Crippen molar-refractivity contribution in [2.45, 2.75) is 39.2 Å². The minimum absolute atomic E-state index is 0.177. The minimum atomic E-state index is -0.598. The molecule has 1 nitrogen and oxygen atoms in total. The van der Waals surface area contributed by atoms with Gasteiger partial charge in [-0.1, -0.05) is 13.8 Å². The average molecular weight is 228 g/mol. The van der Waals surface area contributed by atoms with Gasteiger partial charge in [-0.25, -0.2) is 8.78 Å². The molecule has 16 heavy (non-hydrogen) atoms. The SMILES string of the molecule is CC(C)CCC(O)Cc1cc(F)ccc1F. The molecule has 1 N–H and O–H groups in total. The third kappa shape index (κ3) is 4.27. The molecule has 3 heteroatoms. The molecule has 0 saturated carbocycles. The maximum Gasteiger partial charge on any atom is 0.126 e. The normalized spacial score (nSPS) is 13.1. The largest absolute Gasteiger partial charge is 0.393 e. The molecule has 0 fully saturated rings. The fourth-order valence-corrected chi connectivity index (χ4v) is 1.58. The number of rotatable bonds is 5. The molecule has 0 radical (unpaired) electrons. The van der Waals surface area contributed by atoms with E-state index in [1.54, 1.807) is 0 Å². The van der Waals surface area contributed by atoms with Crippen LogP contribution in [0.25, 0.3) is 0 Å². The fraction of sp³-hybridized carbons (Fsp3) is 0.538. The summed E-state index contributed by atoms with van der Waals surface area (Å²) < 4.78 is 26.1. The number of hydrogen-bond donors (Lipinski definition) is 1. The number of aliphatic hydroxyl groups is 1. The summed E-state index contributed by atoms with van der Waals surface area (Å²) in [6, 6.07) is 3.33. The van der Waals surface area contributed by atoms with Gasteiger partial charge >= 0.3 is 0 Å². The van der Waals surface area contributed by atoms with E-state index in [2.05, 4.69) is 13.8 Å². The van der Waals surface area contributed by atoms with Crippen molar-refractivity contribution in [1.29, 1.82) is 0 Å². The molecule has 0 spiro atoms. The molecule has 0 aliphatic carbocycles. The van der Waals surface area contributed by atoms with Crippen LogP contribution in [0.5, 0.6) is 0 Å². The molecule has 90 valence electrons. The van der Waals surface area contributed by atoms with Crippen LogP contribution in [0.1, 0.15) is 32.3 Å². The zero-order chi connectivity index (χ0) is 12.1. The Bertz CT molecular complexity index is 337. The second-order valence-corrected chi connectivity index (χ2v) is 4.56. The highest BCUT2D eigenvalue weighted by atomic mass is 19.1. The summed E-state index contributed by atoms with van der Waals surface area (Å²) in [6.07, 6.45) is 1.08. The van der Waals surface area contributed by atoms with Crippen molar-refractivity contribution in [3.8, 4) is 0 Å². The predicted molar refractivity (Wildman–Crippen MR) is 60.1 cm³/mol. The van der Waals surface area contributed by atoms with E-state index in [0.717, 1.165) is 24.6 Å². The number of halogens is 2. The molecular weight excluding hydrogens is 210 g/mol. The molecule has 1 atom stereocenters. The number of aliphatic hydroxyl groups excluding tert-OH is 1. The molecule has 1 unspecified atom stereocenters. The molecule has 0 saturated heterocycles. The van der Waals surface area contributed by atoms with Gasteiger partial charge in [0.15, 0.2) is 0 Å². The van der Waals surface area contributed by atoms with Crippen molar-refractivity contribution in [3.05, 3.63) is 35.4 Å². The molecule has 0 aromatic heterocycles. The van der Waals surface area contributed by atoms with Crippen LogP contribution in [0.4, 0.5) is 8.78 Å². The Morgan fingerprint density at radius 2 is 1.88 bits per heavy atom. The van der Waals surface area contributed by atoms with Gasteiger partial charge in [0, 0.05) is 6.42 Å². The van der Waals surface area contributed by atoms with Crippen LogP contribution in [0, 0.1) is 17.6 Å². The average Bonchev–Trinajstić information content (AvgIpc) is 2.20. The van der Waals surface area contributed by atoms with Crippen LogP contribution < -0.4 is 0 Å². The van der Waals surface area contributed by atoms with Gasteiger partial charge in [-0.05, 0) is 42.5 Å². The van der Waals surface area contributed by atoms with Gasteiger partial charge < -0.3 is 5.11 Å². The van der Waals surface area contributed by atoms with Gasteiger partial charge in [0.05, 0.1) is 6.10 Å². The summed E-state index contributed by atoms with van der Waals surface area (Å²) in [4.78, 5) is 0. The van der Waals surface area contributed by atoms with E-state index >= 15 is 0 Å². The van der Waals surface area contributed by atoms with E-state index in [4.69, 9.17) is 0 Å². The Morgan fingerprint density at radius 1 is 1.19 bits per heavy atom. The lowest BCUT2D eigenvalue weighted by Crippen LogP contribution is -2.12. The monoisotopic (exact) mass is 228 g/mol. The van der Waals surface area contributed by atoms with Crippen molar-refractivity contribution in [1.82, 2.24) is 0 Å². The van der Waals surface area contributed by atoms with Crippen LogP contribution in [0.3, 0.4) is 0 Å². The fourth-order valence-electron chi connectivity index (χ4n) is 1.58. The second kappa shape index (κ2) is 5.94. The quantitative estimate of drug-likeness (QED) is 0.819. The van der Waals surface area contributed by atoms with Gasteiger partial charge in [-0.15, -0.1) is 0 Å². The van der Waals surface area contributed by atoms with E-state index in [-0.39, 0.29) is 12.0 Å². The Morgan fingerprint density at radius 3 is 2.50 bits per heavy atom. The summed E-state index contributed by atoms with van der Waals surface area (Å²) in [7, 11) is 0. The zero-order valence-electron chi connectivity index (χ0n) is 9.71. The van der Waals surface area contributed by atoms with Crippen molar-refractivity contribution in [3.63, 3.8) is 0 Å². The van der Waals surface area contributed by atoms with Gasteiger partial charge in [0.1, 0.15) is 11.6 Å². The highest BCUT2D eigenvalue weighted by molar-refractivity contribution is 5.19. The Hall–Kier alpha value is -0.960. The number of benzene rings is 1. The molecular formula is C13H18F2O. The third-order valence-electron chi connectivity index (χ3n) is 2.54. The smallest absolute Gasteiger partial charge is 0.126 e. The Kier molecular flexibility index (Phi) is 4.87. The first-order valence-electron chi connectivity index (χ1n) is 5.61. The summed E-state index contributed by atoms with van der Waals surface area (Å²) in [6.45, 7) is 4.13. The van der Waals surface area contributed by atoms with Crippen LogP contribution in [-0.4, -0.2) is 11.2 Å². The Balaban J connectivity index is 2.55. The standard InChI is InChI=1S/C13H18F2O/c1-9(2)3-5-12(16)8-10-7-11(14)4-6-13(10)15/h4,6-7,9,12,16H,3,5,8H2,1-2H3. The molecule has 0 bridgehead atoms. The van der Waals surface area contributed by atoms with Crippen LogP contribution in [-0.2, 0) is 6.42 Å². The topological polar surface area (TPSA) is 20.2 Å². The first kappa shape index (κ1) is 13.1. The van der Waals surface area contributed by atoms with Crippen LogP contribution in [0.2, 0.25) is 0 Å². The van der Waals surface area contributed by atoms with E-state index in [1.165, 1.54) is 0 Å². The molecule has 1 aromatic carbocycles. The molecule has 0 amide bonds. The summed E-state index contributed by atoms with van der Waals surface area (Å²) in [5, 5.41) is 9.68. The van der Waals surface area contributed by atoms with E-state index in [1.807, 2.05) is 0 Å². The molecule has 1 aromatic rings. The lowest BCUT2D eigenvalue weighted by atomic mass is 9.99. The lowest BCUT2D eigenvalue weighted by Gasteiger charge is -2.12. The summed E-state index contributed by atoms with van der Waals surface area (Å²) >= 11 is 0. The van der Waals surface area contributed by atoms with E-state index in [0.29, 0.717) is 12.3 Å². The third-order valence-corrected chi connectivity index (χ3v) is 2.54. The van der Waals surface area contributed by atoms with E-state index < -0.39 is 17.7 Å². The second-order valence-electron chi connectivity index (χ2n) is 4.56. The van der Waals surface area contributed by atoms with Crippen molar-refractivity contribution < 1.29 is 13.9 Å². The highest BCUT2D eigenvalue weighted by Crippen LogP contribution is 2.15. The first-order chi connectivity index (χ1) is 7.49. The van der Waals surface area contributed by atoms with Crippen molar-refractivity contribution in [2.75, 3.05) is 0 Å². The maximum absolute atomic E-state index is 13.3. The molecule has 0 aliphatic heterocycles. The first-order valence-corrected chi connectivity index (χ1v) is 5.61. The van der Waals surface area contributed by atoms with Crippen molar-refractivity contribution >= 4 is 0 Å². The van der Waals surface area contributed by atoms with Gasteiger partial charge in [-0.2, -0.15) is 0 Å². The van der Waals surface area contributed by atoms with Crippen LogP contribution >= 0.6 is 0 Å². The van der Waals surface area contributed by atoms with Crippen LogP contribution in [0.15, 0.2) is 18.2 Å². The van der Waals surface area contributed by atoms with E-state index in [9.17, 15) is 13.9 Å². The lowest BCUT2D eigenvalue weighted by molar-refractivity contribution is 0.155. The molecule has 0 heterocycles. The predicted octanol–water partition coefficient (Wildman–Crippen LogP) is 3.30. The Labute approximate surface area is 95.1 Å². The number of hydrogen-bond acceptors (Lipinski definition) is 1. The summed E-state index contributed by atoms with van der Waals surface area (Å²) in [5.41, 5.74) is 0.247. The summed E-state index contributed by atoms with van der Waals surface area (Å²) in [5.74, 6) is -0.413. The molecule has 0 aliphatic rings. The molecule has 1 rings (SSSR count). The van der Waals surface area contributed by atoms with Gasteiger partial charge in [-0.3, -0.25) is 0 Å². The van der Waals surface area contributed by atoms with Gasteiger partial charge in [0.2, 0.25) is 0 Å². The van der Waals surface area contributed by atoms with Gasteiger partial charge in [0.25, 0.3) is 0 Å².